The van der Waals surface area contributed by atoms with Crippen molar-refractivity contribution in [3.05, 3.63) is 30.1 Å². The molecule has 20 heavy (non-hydrogen) atoms. The summed E-state index contributed by atoms with van der Waals surface area (Å²) in [5.41, 5.74) is 0. The number of nitrogens with one attached hydrogen (secondary N) is 1. The number of halogens is 1. The van der Waals surface area contributed by atoms with E-state index in [4.69, 9.17) is 0 Å². The zero-order valence-corrected chi connectivity index (χ0v) is 13.1. The molecule has 0 radical (unpaired) electrons. The molecule has 1 aliphatic carbocycles. The third kappa shape index (κ3) is 3.47. The number of hydrogen-bond donors (Lipinski definition) is 1. The smallest absolute Gasteiger partial charge is 0.139 e. The van der Waals surface area contributed by atoms with Crippen LogP contribution in [0.5, 0.6) is 0 Å². The maximum absolute atomic E-state index is 13.9. The fraction of sp³-hybridized carbons (Fsp3) is 0.625. The highest BCUT2D eigenvalue weighted by Gasteiger charge is 2.34. The average molecular weight is 297 g/mol. The zero-order valence-electron chi connectivity index (χ0n) is 12.3. The van der Waals surface area contributed by atoms with E-state index < -0.39 is 10.8 Å². The molecular formula is C16H24FNOS. The van der Waals surface area contributed by atoms with Crippen LogP contribution in [0, 0.1) is 11.7 Å². The first-order valence-corrected chi connectivity index (χ1v) is 8.71. The minimum absolute atomic E-state index is 0.0159. The number of hydrogen-bond acceptors (Lipinski definition) is 2. The van der Waals surface area contributed by atoms with Gasteiger partial charge in [-0.3, -0.25) is 4.21 Å². The Morgan fingerprint density at radius 1 is 1.35 bits per heavy atom. The molecule has 1 aliphatic rings. The van der Waals surface area contributed by atoms with E-state index in [1.54, 1.807) is 18.2 Å². The Bertz CT molecular complexity index is 466. The Hall–Kier alpha value is -0.740. The van der Waals surface area contributed by atoms with Gasteiger partial charge < -0.3 is 5.32 Å². The standard InChI is InChI=1S/C16H24FNOS/c1-3-6-12-9-10-14(18-2)16(11-12)20(19)15-8-5-4-7-13(15)17/h4-5,7-8,12,14,16,18H,3,6,9-11H2,1-2H3. The van der Waals surface area contributed by atoms with Gasteiger partial charge in [-0.25, -0.2) is 4.39 Å². The average Bonchev–Trinajstić information content (AvgIpc) is 2.47. The first-order valence-electron chi connectivity index (χ1n) is 7.49. The third-order valence-electron chi connectivity index (χ3n) is 4.30. The van der Waals surface area contributed by atoms with Crippen LogP contribution < -0.4 is 5.32 Å². The highest BCUT2D eigenvalue weighted by atomic mass is 32.2. The Balaban J connectivity index is 2.18. The quantitative estimate of drug-likeness (QED) is 0.901. The third-order valence-corrected chi connectivity index (χ3v) is 6.13. The zero-order chi connectivity index (χ0) is 14.5. The second kappa shape index (κ2) is 7.32. The summed E-state index contributed by atoms with van der Waals surface area (Å²) >= 11 is 0. The lowest BCUT2D eigenvalue weighted by atomic mass is 9.83. The minimum atomic E-state index is -1.27. The molecule has 4 unspecified atom stereocenters. The topological polar surface area (TPSA) is 29.1 Å². The largest absolute Gasteiger partial charge is 0.316 e. The van der Waals surface area contributed by atoms with Gasteiger partial charge >= 0.3 is 0 Å². The molecular weight excluding hydrogens is 273 g/mol. The van der Waals surface area contributed by atoms with Crippen molar-refractivity contribution in [1.29, 1.82) is 0 Å². The Labute approximate surface area is 123 Å². The van der Waals surface area contributed by atoms with Gasteiger partial charge in [-0.15, -0.1) is 0 Å². The molecule has 1 aromatic rings. The van der Waals surface area contributed by atoms with Gasteiger partial charge in [0.1, 0.15) is 5.82 Å². The van der Waals surface area contributed by atoms with Crippen molar-refractivity contribution in [2.24, 2.45) is 5.92 Å². The van der Waals surface area contributed by atoms with Crippen molar-refractivity contribution in [2.45, 2.75) is 55.2 Å². The fourth-order valence-electron chi connectivity index (χ4n) is 3.22. The second-order valence-corrected chi connectivity index (χ2v) is 7.27. The van der Waals surface area contributed by atoms with Crippen molar-refractivity contribution in [3.63, 3.8) is 0 Å². The van der Waals surface area contributed by atoms with Crippen LogP contribution in [0.15, 0.2) is 29.2 Å². The predicted molar refractivity (Wildman–Crippen MR) is 81.7 cm³/mol. The second-order valence-electron chi connectivity index (χ2n) is 5.63. The van der Waals surface area contributed by atoms with Gasteiger partial charge in [0.15, 0.2) is 0 Å². The van der Waals surface area contributed by atoms with E-state index in [9.17, 15) is 8.60 Å². The lowest BCUT2D eigenvalue weighted by molar-refractivity contribution is 0.292. The van der Waals surface area contributed by atoms with E-state index in [2.05, 4.69) is 12.2 Å². The molecule has 1 N–H and O–H groups in total. The number of rotatable bonds is 5. The summed E-state index contributed by atoms with van der Waals surface area (Å²) in [7, 11) is 0.640. The van der Waals surface area contributed by atoms with E-state index >= 15 is 0 Å². The summed E-state index contributed by atoms with van der Waals surface area (Å²) in [5.74, 6) is 0.281. The molecule has 1 fully saturated rings. The molecule has 2 nitrogen and oxygen atoms in total. The van der Waals surface area contributed by atoms with E-state index in [-0.39, 0.29) is 17.1 Å². The van der Waals surface area contributed by atoms with Crippen LogP contribution in [0.25, 0.3) is 0 Å². The normalized spacial score (nSPS) is 28.2. The first kappa shape index (κ1) is 15.6. The summed E-state index contributed by atoms with van der Waals surface area (Å²) in [6, 6.07) is 6.68. The molecule has 2 rings (SSSR count). The first-order chi connectivity index (χ1) is 9.67. The van der Waals surface area contributed by atoms with Crippen molar-refractivity contribution in [1.82, 2.24) is 5.32 Å². The van der Waals surface area contributed by atoms with Gasteiger partial charge in [-0.1, -0.05) is 31.9 Å². The van der Waals surface area contributed by atoms with Crippen molar-refractivity contribution in [2.75, 3.05) is 7.05 Å². The fourth-order valence-corrected chi connectivity index (χ4v) is 5.04. The Kier molecular flexibility index (Phi) is 5.73. The minimum Gasteiger partial charge on any atom is -0.316 e. The van der Waals surface area contributed by atoms with Crippen molar-refractivity contribution in [3.8, 4) is 0 Å². The molecule has 4 heteroatoms. The van der Waals surface area contributed by atoms with Gasteiger partial charge in [-0.2, -0.15) is 0 Å². The predicted octanol–water partition coefficient (Wildman–Crippen LogP) is 3.49. The lowest BCUT2D eigenvalue weighted by Crippen LogP contribution is -2.45. The molecule has 0 saturated heterocycles. The molecule has 0 aromatic heterocycles. The van der Waals surface area contributed by atoms with Gasteiger partial charge in [0, 0.05) is 6.04 Å². The van der Waals surface area contributed by atoms with Crippen molar-refractivity contribution >= 4 is 10.8 Å². The SMILES string of the molecule is CCCC1CCC(NC)C(S(=O)c2ccccc2F)C1. The van der Waals surface area contributed by atoms with Crippen molar-refractivity contribution < 1.29 is 8.60 Å². The molecule has 0 amide bonds. The molecule has 112 valence electrons. The van der Waals surface area contributed by atoms with Crippen LogP contribution >= 0.6 is 0 Å². The van der Waals surface area contributed by atoms with E-state index in [1.807, 2.05) is 7.05 Å². The summed E-state index contributed by atoms with van der Waals surface area (Å²) < 4.78 is 26.6. The van der Waals surface area contributed by atoms with Crippen LogP contribution in [0.3, 0.4) is 0 Å². The van der Waals surface area contributed by atoms with Crippen LogP contribution in [0.4, 0.5) is 4.39 Å². The molecule has 0 heterocycles. The summed E-state index contributed by atoms with van der Waals surface area (Å²) in [4.78, 5) is 0.356. The number of benzene rings is 1. The Morgan fingerprint density at radius 2 is 2.10 bits per heavy atom. The Morgan fingerprint density at radius 3 is 2.75 bits per heavy atom. The summed E-state index contributed by atoms with van der Waals surface area (Å²) in [6.45, 7) is 2.19. The monoisotopic (exact) mass is 297 g/mol. The lowest BCUT2D eigenvalue weighted by Gasteiger charge is -2.35. The van der Waals surface area contributed by atoms with E-state index in [1.165, 1.54) is 18.9 Å². The highest BCUT2D eigenvalue weighted by Crippen LogP contribution is 2.33. The molecule has 4 atom stereocenters. The van der Waals surface area contributed by atoms with Gasteiger partial charge in [0.2, 0.25) is 0 Å². The molecule has 0 spiro atoms. The van der Waals surface area contributed by atoms with Crippen LogP contribution in [-0.4, -0.2) is 22.5 Å². The molecule has 1 saturated carbocycles. The van der Waals surface area contributed by atoms with E-state index in [0.29, 0.717) is 10.8 Å². The highest BCUT2D eigenvalue weighted by molar-refractivity contribution is 7.85. The maximum atomic E-state index is 13.9. The van der Waals surface area contributed by atoms with Crippen LogP contribution in [0.1, 0.15) is 39.0 Å². The van der Waals surface area contributed by atoms with E-state index in [0.717, 1.165) is 19.3 Å². The molecule has 0 bridgehead atoms. The van der Waals surface area contributed by atoms with Crippen LogP contribution in [-0.2, 0) is 10.8 Å². The van der Waals surface area contributed by atoms with Gasteiger partial charge in [-0.05, 0) is 44.4 Å². The summed E-state index contributed by atoms with van der Waals surface area (Å²) in [6.07, 6.45) is 5.49. The molecule has 0 aliphatic heterocycles. The molecule has 1 aromatic carbocycles. The maximum Gasteiger partial charge on any atom is 0.139 e. The van der Waals surface area contributed by atoms with Gasteiger partial charge in [0.05, 0.1) is 20.9 Å². The summed E-state index contributed by atoms with van der Waals surface area (Å²) in [5, 5.41) is 3.29. The van der Waals surface area contributed by atoms with Gasteiger partial charge in [0.25, 0.3) is 0 Å². The van der Waals surface area contributed by atoms with Crippen LogP contribution in [0.2, 0.25) is 0 Å².